The van der Waals surface area contributed by atoms with Gasteiger partial charge in [-0.3, -0.25) is 14.6 Å². The lowest BCUT2D eigenvalue weighted by Crippen LogP contribution is -2.23. The van der Waals surface area contributed by atoms with Gasteiger partial charge in [0.2, 0.25) is 5.88 Å². The second kappa shape index (κ2) is 9.69. The van der Waals surface area contributed by atoms with Gasteiger partial charge in [0, 0.05) is 42.2 Å². The van der Waals surface area contributed by atoms with Crippen LogP contribution in [0.15, 0.2) is 47.4 Å². The van der Waals surface area contributed by atoms with Crippen molar-refractivity contribution in [3.63, 3.8) is 0 Å². The smallest absolute Gasteiger partial charge is 0.422 e. The lowest BCUT2D eigenvalue weighted by Gasteiger charge is -2.13. The van der Waals surface area contributed by atoms with Gasteiger partial charge in [0.15, 0.2) is 6.61 Å². The van der Waals surface area contributed by atoms with Crippen molar-refractivity contribution in [2.45, 2.75) is 26.1 Å². The summed E-state index contributed by atoms with van der Waals surface area (Å²) in [6.45, 7) is 0.0966. The lowest BCUT2D eigenvalue weighted by molar-refractivity contribution is -0.154. The van der Waals surface area contributed by atoms with Crippen molar-refractivity contribution in [3.05, 3.63) is 64.2 Å². The van der Waals surface area contributed by atoms with Crippen molar-refractivity contribution in [2.24, 2.45) is 0 Å². The highest BCUT2D eigenvalue weighted by atomic mass is 32.1. The molecule has 0 aliphatic carbocycles. The van der Waals surface area contributed by atoms with Crippen molar-refractivity contribution in [1.82, 2.24) is 15.3 Å². The van der Waals surface area contributed by atoms with Crippen molar-refractivity contribution < 1.29 is 27.5 Å². The predicted octanol–water partition coefficient (Wildman–Crippen LogP) is 4.21. The number of ketones is 1. The van der Waals surface area contributed by atoms with E-state index in [-0.39, 0.29) is 30.5 Å². The van der Waals surface area contributed by atoms with Gasteiger partial charge in [-0.1, -0.05) is 0 Å². The Kier molecular flexibility index (Phi) is 7.01. The molecule has 0 atom stereocenters. The molecule has 3 aromatic heterocycles. The Morgan fingerprint density at radius 1 is 1.19 bits per heavy atom. The molecule has 0 aliphatic heterocycles. The number of carbonyl (C=O) groups is 2. The molecule has 162 valence electrons. The van der Waals surface area contributed by atoms with Crippen molar-refractivity contribution >= 4 is 23.0 Å². The van der Waals surface area contributed by atoms with Gasteiger partial charge in [-0.25, -0.2) is 4.98 Å². The van der Waals surface area contributed by atoms with Crippen LogP contribution in [0, 0.1) is 0 Å². The maximum atomic E-state index is 12.5. The van der Waals surface area contributed by atoms with Crippen LogP contribution < -0.4 is 10.1 Å². The van der Waals surface area contributed by atoms with Crippen LogP contribution in [-0.2, 0) is 17.8 Å². The van der Waals surface area contributed by atoms with Gasteiger partial charge >= 0.3 is 6.18 Å². The maximum absolute atomic E-state index is 12.5. The molecule has 3 rings (SSSR count). The molecular formula is C21H18F3N3O3S. The highest BCUT2D eigenvalue weighted by molar-refractivity contribution is 7.08. The molecule has 3 heterocycles. The molecule has 10 heteroatoms. The molecule has 0 radical (unpaired) electrons. The average molecular weight is 449 g/mol. The summed E-state index contributed by atoms with van der Waals surface area (Å²) >= 11 is 1.39. The fourth-order valence-corrected chi connectivity index (χ4v) is 3.39. The number of aromatic nitrogens is 2. The largest absolute Gasteiger partial charge is 0.468 e. The number of alkyl halides is 3. The Bertz CT molecular complexity index is 1070. The number of carbonyl (C=O) groups excluding carboxylic acids is 2. The van der Waals surface area contributed by atoms with Gasteiger partial charge in [-0.05, 0) is 53.1 Å². The third-order valence-electron chi connectivity index (χ3n) is 4.07. The van der Waals surface area contributed by atoms with E-state index in [0.717, 1.165) is 0 Å². The average Bonchev–Trinajstić information content (AvgIpc) is 3.24. The zero-order chi connectivity index (χ0) is 22.4. The number of thiophene rings is 1. The number of ether oxygens (including phenoxy) is 1. The monoisotopic (exact) mass is 449 g/mol. The lowest BCUT2D eigenvalue weighted by atomic mass is 10.1. The van der Waals surface area contributed by atoms with Gasteiger partial charge in [0.25, 0.3) is 5.91 Å². The number of nitrogens with one attached hydrogen (secondary N) is 1. The molecule has 31 heavy (non-hydrogen) atoms. The van der Waals surface area contributed by atoms with E-state index in [9.17, 15) is 22.8 Å². The first kappa shape index (κ1) is 22.4. The Morgan fingerprint density at radius 3 is 2.68 bits per heavy atom. The van der Waals surface area contributed by atoms with E-state index in [4.69, 9.17) is 4.74 Å². The summed E-state index contributed by atoms with van der Waals surface area (Å²) in [5.74, 6) is -0.569. The summed E-state index contributed by atoms with van der Waals surface area (Å²) in [6, 6.07) is 6.45. The number of pyridine rings is 2. The summed E-state index contributed by atoms with van der Waals surface area (Å²) in [6.07, 6.45) is -1.54. The Labute approximate surface area is 180 Å². The SMILES string of the molecule is CC(=O)Cc1cc(C(=O)NCc2cnc(OCC(F)(F)F)c(-c3ccsc3)c2)ccn1. The molecule has 0 unspecified atom stereocenters. The normalized spacial score (nSPS) is 11.2. The molecule has 3 aromatic rings. The molecule has 0 aromatic carbocycles. The predicted molar refractivity (Wildman–Crippen MR) is 109 cm³/mol. The van der Waals surface area contributed by atoms with E-state index < -0.39 is 12.8 Å². The molecular weight excluding hydrogens is 431 g/mol. The number of rotatable bonds is 8. The summed E-state index contributed by atoms with van der Waals surface area (Å²) < 4.78 is 42.5. The number of nitrogens with zero attached hydrogens (tertiary/aromatic N) is 2. The summed E-state index contributed by atoms with van der Waals surface area (Å²) in [5, 5.41) is 6.30. The molecule has 0 bridgehead atoms. The highest BCUT2D eigenvalue weighted by Crippen LogP contribution is 2.31. The van der Waals surface area contributed by atoms with Gasteiger partial charge < -0.3 is 10.1 Å². The summed E-state index contributed by atoms with van der Waals surface area (Å²) in [7, 11) is 0. The van der Waals surface area contributed by atoms with Gasteiger partial charge in [-0.15, -0.1) is 0 Å². The summed E-state index contributed by atoms with van der Waals surface area (Å²) in [4.78, 5) is 31.8. The van der Waals surface area contributed by atoms with Crippen molar-refractivity contribution in [2.75, 3.05) is 6.61 Å². The van der Waals surface area contributed by atoms with Crippen LogP contribution >= 0.6 is 11.3 Å². The minimum absolute atomic E-state index is 0.0649. The fraction of sp³-hybridized carbons (Fsp3) is 0.238. The third kappa shape index (κ3) is 6.61. The quantitative estimate of drug-likeness (QED) is 0.557. The molecule has 0 saturated heterocycles. The van der Waals surface area contributed by atoms with E-state index in [1.807, 2.05) is 0 Å². The van der Waals surface area contributed by atoms with Crippen LogP contribution in [0.1, 0.15) is 28.5 Å². The van der Waals surface area contributed by atoms with Crippen LogP contribution in [0.5, 0.6) is 5.88 Å². The van der Waals surface area contributed by atoms with Crippen LogP contribution in [0.3, 0.4) is 0 Å². The first-order chi connectivity index (χ1) is 14.7. The minimum Gasteiger partial charge on any atom is -0.468 e. The van der Waals surface area contributed by atoms with Gasteiger partial charge in [0.05, 0.1) is 0 Å². The molecule has 6 nitrogen and oxygen atoms in total. The van der Waals surface area contributed by atoms with E-state index in [1.54, 1.807) is 29.0 Å². The topological polar surface area (TPSA) is 81.2 Å². The van der Waals surface area contributed by atoms with Gasteiger partial charge in [-0.2, -0.15) is 24.5 Å². The van der Waals surface area contributed by atoms with Crippen LogP contribution in [0.4, 0.5) is 13.2 Å². The highest BCUT2D eigenvalue weighted by Gasteiger charge is 2.29. The molecule has 0 saturated carbocycles. The Hall–Kier alpha value is -3.27. The van der Waals surface area contributed by atoms with E-state index >= 15 is 0 Å². The first-order valence-electron chi connectivity index (χ1n) is 9.15. The second-order valence-electron chi connectivity index (χ2n) is 6.71. The molecule has 1 amide bonds. The maximum Gasteiger partial charge on any atom is 0.422 e. The van der Waals surface area contributed by atoms with E-state index in [0.29, 0.717) is 27.9 Å². The number of hydrogen-bond donors (Lipinski definition) is 1. The van der Waals surface area contributed by atoms with Crippen LogP contribution in [0.25, 0.3) is 11.1 Å². The van der Waals surface area contributed by atoms with Crippen molar-refractivity contribution in [3.8, 4) is 17.0 Å². The van der Waals surface area contributed by atoms with Gasteiger partial charge in [0.1, 0.15) is 5.78 Å². The number of amides is 1. The number of halogens is 3. The third-order valence-corrected chi connectivity index (χ3v) is 4.76. The summed E-state index contributed by atoms with van der Waals surface area (Å²) in [5.41, 5.74) is 2.51. The standard InChI is InChI=1S/C21H18F3N3O3S/c1-13(28)6-17-8-15(2-4-25-17)19(29)26-9-14-7-18(16-3-5-31-11-16)20(27-10-14)30-12-21(22,23)24/h2-5,7-8,10-11H,6,9,12H2,1H3,(H,26,29). The fourth-order valence-electron chi connectivity index (χ4n) is 2.74. The number of Topliss-reactive ketones (excluding diaryl/α,β-unsaturated/α-hetero) is 1. The van der Waals surface area contributed by atoms with E-state index in [1.165, 1.54) is 36.7 Å². The zero-order valence-corrected chi connectivity index (χ0v) is 17.2. The minimum atomic E-state index is -4.48. The Morgan fingerprint density at radius 2 is 2.00 bits per heavy atom. The molecule has 0 fully saturated rings. The number of hydrogen-bond acceptors (Lipinski definition) is 6. The zero-order valence-electron chi connectivity index (χ0n) is 16.4. The van der Waals surface area contributed by atoms with E-state index in [2.05, 4.69) is 15.3 Å². The van der Waals surface area contributed by atoms with Crippen molar-refractivity contribution in [1.29, 1.82) is 0 Å². The van der Waals surface area contributed by atoms with Crippen LogP contribution in [-0.4, -0.2) is 34.4 Å². The molecule has 1 N–H and O–H groups in total. The molecule has 0 spiro atoms. The first-order valence-corrected chi connectivity index (χ1v) is 10.1. The second-order valence-corrected chi connectivity index (χ2v) is 7.49. The Balaban J connectivity index is 1.74. The molecule has 0 aliphatic rings. The van der Waals surface area contributed by atoms with Crippen LogP contribution in [0.2, 0.25) is 0 Å².